The van der Waals surface area contributed by atoms with Crippen molar-refractivity contribution in [2.45, 2.75) is 44.3 Å². The third kappa shape index (κ3) is 2.98. The van der Waals surface area contributed by atoms with Gasteiger partial charge in [-0.25, -0.2) is 0 Å². The molecule has 1 amide bonds. The number of hydrogen-bond donors (Lipinski definition) is 1. The molecule has 3 rings (SSSR count). The van der Waals surface area contributed by atoms with Gasteiger partial charge in [-0.1, -0.05) is 30.5 Å². The summed E-state index contributed by atoms with van der Waals surface area (Å²) in [6.45, 7) is 1.92. The van der Waals surface area contributed by atoms with Crippen molar-refractivity contribution in [3.8, 4) is 5.69 Å². The third-order valence-electron chi connectivity index (χ3n) is 4.24. The van der Waals surface area contributed by atoms with Crippen molar-refractivity contribution in [1.82, 2.24) is 25.5 Å². The predicted molar refractivity (Wildman–Crippen MR) is 78.2 cm³/mol. The van der Waals surface area contributed by atoms with E-state index in [1.54, 1.807) is 12.1 Å². The van der Waals surface area contributed by atoms with Crippen LogP contribution in [-0.4, -0.2) is 32.3 Å². The maximum atomic E-state index is 12.7. The standard InChI is InChI=1S/C15H16F3N5O/c1-10-4-6-11(7-5-10)23-12(20-21-22-23)14(8-2-3-9-14)19-13(24)15(16,17)18/h4-7H,2-3,8-9H2,1H3,(H,19,24). The minimum absolute atomic E-state index is 0.224. The van der Waals surface area contributed by atoms with Crippen LogP contribution in [0.25, 0.3) is 5.69 Å². The van der Waals surface area contributed by atoms with Crippen LogP contribution < -0.4 is 5.32 Å². The Bertz CT molecular complexity index is 732. The summed E-state index contributed by atoms with van der Waals surface area (Å²) in [7, 11) is 0. The Hall–Kier alpha value is -2.45. The van der Waals surface area contributed by atoms with E-state index >= 15 is 0 Å². The first-order chi connectivity index (χ1) is 11.3. The first-order valence-electron chi connectivity index (χ1n) is 7.57. The maximum absolute atomic E-state index is 12.7. The quantitative estimate of drug-likeness (QED) is 0.932. The summed E-state index contributed by atoms with van der Waals surface area (Å²) in [5, 5.41) is 13.6. The summed E-state index contributed by atoms with van der Waals surface area (Å²) in [4.78, 5) is 11.5. The normalized spacial score (nSPS) is 17.0. The van der Waals surface area contributed by atoms with Gasteiger partial charge < -0.3 is 5.32 Å². The lowest BCUT2D eigenvalue weighted by Gasteiger charge is -2.29. The molecule has 1 heterocycles. The molecule has 0 bridgehead atoms. The van der Waals surface area contributed by atoms with Crippen LogP contribution in [0.15, 0.2) is 24.3 Å². The number of tetrazole rings is 1. The van der Waals surface area contributed by atoms with Gasteiger partial charge in [0.25, 0.3) is 0 Å². The monoisotopic (exact) mass is 339 g/mol. The SMILES string of the molecule is Cc1ccc(-n2nnnc2C2(NC(=O)C(F)(F)F)CCCC2)cc1. The van der Waals surface area contributed by atoms with Crippen LogP contribution in [0.4, 0.5) is 13.2 Å². The molecule has 6 nitrogen and oxygen atoms in total. The van der Waals surface area contributed by atoms with E-state index in [4.69, 9.17) is 0 Å². The van der Waals surface area contributed by atoms with E-state index in [-0.39, 0.29) is 5.82 Å². The molecule has 0 radical (unpaired) electrons. The summed E-state index contributed by atoms with van der Waals surface area (Å²) < 4.78 is 39.5. The van der Waals surface area contributed by atoms with Crippen LogP contribution in [0.5, 0.6) is 0 Å². The van der Waals surface area contributed by atoms with E-state index in [0.717, 1.165) is 5.56 Å². The fourth-order valence-electron chi connectivity index (χ4n) is 3.02. The number of carbonyl (C=O) groups excluding carboxylic acids is 1. The van der Waals surface area contributed by atoms with Crippen molar-refractivity contribution in [3.05, 3.63) is 35.7 Å². The second kappa shape index (κ2) is 5.88. The largest absolute Gasteiger partial charge is 0.471 e. The zero-order valence-electron chi connectivity index (χ0n) is 13.0. The van der Waals surface area contributed by atoms with E-state index in [9.17, 15) is 18.0 Å². The number of aryl methyl sites for hydroxylation is 1. The van der Waals surface area contributed by atoms with Crippen molar-refractivity contribution in [2.24, 2.45) is 0 Å². The zero-order chi connectivity index (χ0) is 17.4. The molecule has 2 aromatic rings. The van der Waals surface area contributed by atoms with Gasteiger partial charge >= 0.3 is 12.1 Å². The van der Waals surface area contributed by atoms with Gasteiger partial charge in [-0.2, -0.15) is 17.9 Å². The van der Waals surface area contributed by atoms with Crippen molar-refractivity contribution in [1.29, 1.82) is 0 Å². The van der Waals surface area contributed by atoms with E-state index < -0.39 is 17.6 Å². The molecule has 1 aromatic carbocycles. The van der Waals surface area contributed by atoms with Crippen LogP contribution in [0.1, 0.15) is 37.1 Å². The molecule has 0 saturated heterocycles. The second-order valence-electron chi connectivity index (χ2n) is 5.99. The summed E-state index contributed by atoms with van der Waals surface area (Å²) in [5.41, 5.74) is 0.462. The fraction of sp³-hybridized carbons (Fsp3) is 0.467. The van der Waals surface area contributed by atoms with Gasteiger partial charge in [0.15, 0.2) is 5.82 Å². The first kappa shape index (κ1) is 16.4. The topological polar surface area (TPSA) is 72.7 Å². The molecule has 9 heteroatoms. The Morgan fingerprint density at radius 2 is 1.83 bits per heavy atom. The number of alkyl halides is 3. The van der Waals surface area contributed by atoms with Crippen LogP contribution in [0, 0.1) is 6.92 Å². The number of halogens is 3. The van der Waals surface area contributed by atoms with Crippen molar-refractivity contribution in [3.63, 3.8) is 0 Å². The molecular weight excluding hydrogens is 323 g/mol. The molecule has 0 spiro atoms. The molecule has 0 atom stereocenters. The minimum atomic E-state index is -4.95. The van der Waals surface area contributed by atoms with E-state index in [2.05, 4.69) is 20.8 Å². The number of amides is 1. The molecule has 1 fully saturated rings. The molecule has 0 aliphatic heterocycles. The van der Waals surface area contributed by atoms with E-state index in [0.29, 0.717) is 31.4 Å². The molecule has 0 unspecified atom stereocenters. The lowest BCUT2D eigenvalue weighted by Crippen LogP contribution is -2.50. The van der Waals surface area contributed by atoms with Crippen LogP contribution in [0.2, 0.25) is 0 Å². The Morgan fingerprint density at radius 1 is 1.21 bits per heavy atom. The number of carbonyl (C=O) groups is 1. The van der Waals surface area contributed by atoms with Crippen LogP contribution in [0.3, 0.4) is 0 Å². The molecule has 24 heavy (non-hydrogen) atoms. The number of nitrogens with one attached hydrogen (secondary N) is 1. The summed E-state index contributed by atoms with van der Waals surface area (Å²) in [6.07, 6.45) is -2.84. The highest BCUT2D eigenvalue weighted by Gasteiger charge is 2.48. The number of nitrogens with zero attached hydrogens (tertiary/aromatic N) is 4. The Morgan fingerprint density at radius 3 is 2.42 bits per heavy atom. The molecule has 1 N–H and O–H groups in total. The highest BCUT2D eigenvalue weighted by Crippen LogP contribution is 2.39. The summed E-state index contributed by atoms with van der Waals surface area (Å²) in [6, 6.07) is 7.28. The maximum Gasteiger partial charge on any atom is 0.471 e. The molecule has 1 aromatic heterocycles. The summed E-state index contributed by atoms with van der Waals surface area (Å²) >= 11 is 0. The van der Waals surface area contributed by atoms with E-state index in [1.165, 1.54) is 4.68 Å². The smallest absolute Gasteiger partial charge is 0.335 e. The van der Waals surface area contributed by atoms with E-state index in [1.807, 2.05) is 19.1 Å². The zero-order valence-corrected chi connectivity index (χ0v) is 13.0. The lowest BCUT2D eigenvalue weighted by atomic mass is 9.96. The average molecular weight is 339 g/mol. The molecule has 1 aliphatic carbocycles. The molecule has 1 saturated carbocycles. The predicted octanol–water partition coefficient (Wildman–Crippen LogP) is 2.42. The van der Waals surface area contributed by atoms with Crippen molar-refractivity contribution in [2.75, 3.05) is 0 Å². The van der Waals surface area contributed by atoms with Gasteiger partial charge in [0, 0.05) is 0 Å². The average Bonchev–Trinajstić information content (AvgIpc) is 3.16. The van der Waals surface area contributed by atoms with Crippen LogP contribution in [-0.2, 0) is 10.3 Å². The Balaban J connectivity index is 2.00. The highest BCUT2D eigenvalue weighted by atomic mass is 19.4. The number of hydrogen-bond acceptors (Lipinski definition) is 4. The van der Waals surface area contributed by atoms with Crippen molar-refractivity contribution >= 4 is 5.91 Å². The first-order valence-corrected chi connectivity index (χ1v) is 7.57. The second-order valence-corrected chi connectivity index (χ2v) is 5.99. The minimum Gasteiger partial charge on any atom is -0.335 e. The molecule has 1 aliphatic rings. The van der Waals surface area contributed by atoms with Gasteiger partial charge in [-0.05, 0) is 42.3 Å². The molecule has 128 valence electrons. The third-order valence-corrected chi connectivity index (χ3v) is 4.24. The van der Waals surface area contributed by atoms with Gasteiger partial charge in [0.05, 0.1) is 5.69 Å². The Labute approximate surface area is 136 Å². The van der Waals surface area contributed by atoms with Gasteiger partial charge in [-0.15, -0.1) is 5.10 Å². The van der Waals surface area contributed by atoms with Gasteiger partial charge in [0.2, 0.25) is 0 Å². The number of benzene rings is 1. The molecular formula is C15H16F3N5O. The fourth-order valence-corrected chi connectivity index (χ4v) is 3.02. The highest BCUT2D eigenvalue weighted by molar-refractivity contribution is 5.82. The lowest BCUT2D eigenvalue weighted by molar-refractivity contribution is -0.176. The van der Waals surface area contributed by atoms with Crippen molar-refractivity contribution < 1.29 is 18.0 Å². The van der Waals surface area contributed by atoms with Gasteiger partial charge in [-0.3, -0.25) is 4.79 Å². The Kier molecular flexibility index (Phi) is 4.02. The van der Waals surface area contributed by atoms with Crippen LogP contribution >= 0.6 is 0 Å². The van der Waals surface area contributed by atoms with Gasteiger partial charge in [0.1, 0.15) is 5.54 Å². The number of aromatic nitrogens is 4. The summed E-state index contributed by atoms with van der Waals surface area (Å²) in [5.74, 6) is -1.75. The number of rotatable bonds is 3.